The van der Waals surface area contributed by atoms with Gasteiger partial charge in [0.15, 0.2) is 0 Å². The third-order valence-electron chi connectivity index (χ3n) is 6.04. The first-order chi connectivity index (χ1) is 15.1. The Hall–Kier alpha value is -3.12. The van der Waals surface area contributed by atoms with E-state index in [0.717, 1.165) is 5.52 Å². The molecule has 0 fully saturated rings. The smallest absolute Gasteiger partial charge is 0.365 e. The van der Waals surface area contributed by atoms with Crippen LogP contribution >= 0.6 is 0 Å². The van der Waals surface area contributed by atoms with E-state index in [4.69, 9.17) is 0 Å². The summed E-state index contributed by atoms with van der Waals surface area (Å²) in [6, 6.07) is 26.7. The van der Waals surface area contributed by atoms with E-state index < -0.39 is 20.2 Å². The van der Waals surface area contributed by atoms with E-state index >= 15 is 0 Å². The first-order valence-electron chi connectivity index (χ1n) is 10.4. The molecule has 2 nitrogen and oxygen atoms in total. The summed E-state index contributed by atoms with van der Waals surface area (Å²) in [6.07, 6.45) is -2.93. The molecule has 6 heteroatoms. The second-order valence-corrected chi connectivity index (χ2v) is 13.5. The van der Waals surface area contributed by atoms with Gasteiger partial charge >= 0.3 is 6.18 Å². The lowest BCUT2D eigenvalue weighted by Crippen LogP contribution is -2.69. The van der Waals surface area contributed by atoms with Crippen molar-refractivity contribution in [3.05, 3.63) is 96.7 Å². The van der Waals surface area contributed by atoms with E-state index in [1.54, 1.807) is 6.07 Å². The van der Waals surface area contributed by atoms with E-state index in [2.05, 4.69) is 49.3 Å². The number of fused-ring (bicyclic) bond motifs is 1. The van der Waals surface area contributed by atoms with Crippen molar-refractivity contribution in [2.24, 2.45) is 0 Å². The third-order valence-corrected chi connectivity index (χ3v) is 11.7. The largest absolute Gasteiger partial charge is 0.454 e. The van der Waals surface area contributed by atoms with Crippen molar-refractivity contribution in [2.75, 3.05) is 0 Å². The summed E-state index contributed by atoms with van der Waals surface area (Å²) in [5, 5.41) is 2.84. The number of benzene rings is 3. The van der Waals surface area contributed by atoms with Gasteiger partial charge in [-0.2, -0.15) is 13.2 Å². The fourth-order valence-electron chi connectivity index (χ4n) is 4.77. The van der Waals surface area contributed by atoms with Crippen LogP contribution in [0.2, 0.25) is 5.04 Å². The number of Topliss-reactive ketones (excluding diaryl/α,β-unsaturated/α-hetero) is 1. The minimum Gasteiger partial charge on any atom is -0.365 e. The van der Waals surface area contributed by atoms with Gasteiger partial charge in [0.25, 0.3) is 5.78 Å². The Morgan fingerprint density at radius 2 is 1.31 bits per heavy atom. The Bertz CT molecular complexity index is 1220. The Balaban J connectivity index is 2.04. The van der Waals surface area contributed by atoms with Crippen LogP contribution in [0.4, 0.5) is 13.2 Å². The highest BCUT2D eigenvalue weighted by molar-refractivity contribution is 7.03. The number of carbonyl (C=O) groups is 1. The number of ketones is 1. The number of hydrogen-bond donors (Lipinski definition) is 0. The summed E-state index contributed by atoms with van der Waals surface area (Å²) in [7, 11) is -2.71. The highest BCUT2D eigenvalue weighted by atomic mass is 28.3. The fourth-order valence-corrected chi connectivity index (χ4v) is 10.3. The predicted octanol–water partition coefficient (Wildman–Crippen LogP) is 5.79. The normalized spacial score (nSPS) is 12.8. The number of alkyl halides is 3. The van der Waals surface area contributed by atoms with Crippen LogP contribution in [0.25, 0.3) is 10.9 Å². The average Bonchev–Trinajstić information content (AvgIpc) is 3.17. The topological polar surface area (TPSA) is 22.0 Å². The maximum absolute atomic E-state index is 13.0. The van der Waals surface area contributed by atoms with Gasteiger partial charge in [-0.15, -0.1) is 0 Å². The standard InChI is InChI=1S/C26H24F3NOSi/c1-25(2,3)32(21-10-6-4-7-11-21,22-12-8-5-9-13-22)30-17-16-19-18-20(14-15-23(19)30)24(31)26(27,28)29/h4-18H,1-3H3. The van der Waals surface area contributed by atoms with Crippen LogP contribution in [-0.2, 0) is 0 Å². The third kappa shape index (κ3) is 3.48. The molecule has 0 spiro atoms. The van der Waals surface area contributed by atoms with Gasteiger partial charge in [0.05, 0.1) is 0 Å². The summed E-state index contributed by atoms with van der Waals surface area (Å²) in [5.74, 6) is -1.82. The molecule has 0 unspecified atom stereocenters. The van der Waals surface area contributed by atoms with E-state index in [1.165, 1.54) is 22.5 Å². The zero-order valence-corrected chi connectivity index (χ0v) is 19.1. The van der Waals surface area contributed by atoms with Crippen molar-refractivity contribution in [3.8, 4) is 0 Å². The quantitative estimate of drug-likeness (QED) is 0.284. The van der Waals surface area contributed by atoms with Gasteiger partial charge < -0.3 is 4.23 Å². The van der Waals surface area contributed by atoms with Gasteiger partial charge in [0, 0.05) is 11.1 Å². The highest BCUT2D eigenvalue weighted by Gasteiger charge is 2.50. The van der Waals surface area contributed by atoms with Crippen molar-refractivity contribution in [1.82, 2.24) is 4.23 Å². The molecular formula is C26H24F3NOSi. The van der Waals surface area contributed by atoms with Gasteiger partial charge in [0.1, 0.15) is 0 Å². The zero-order chi connectivity index (χ0) is 23.1. The van der Waals surface area contributed by atoms with E-state index in [9.17, 15) is 18.0 Å². The summed E-state index contributed by atoms with van der Waals surface area (Å²) < 4.78 is 41.2. The van der Waals surface area contributed by atoms with Crippen molar-refractivity contribution in [3.63, 3.8) is 0 Å². The van der Waals surface area contributed by atoms with E-state index in [1.807, 2.05) is 48.7 Å². The SMILES string of the molecule is CC(C)(C)[Si](c1ccccc1)(c1ccccc1)n1ccc2cc(C(=O)C(F)(F)F)ccc21. The van der Waals surface area contributed by atoms with Gasteiger partial charge in [-0.3, -0.25) is 4.79 Å². The number of aromatic nitrogens is 1. The van der Waals surface area contributed by atoms with Crippen LogP contribution in [0.15, 0.2) is 91.1 Å². The zero-order valence-electron chi connectivity index (χ0n) is 18.1. The summed E-state index contributed by atoms with van der Waals surface area (Å²) >= 11 is 0. The summed E-state index contributed by atoms with van der Waals surface area (Å²) in [4.78, 5) is 11.8. The molecule has 0 aliphatic carbocycles. The van der Waals surface area contributed by atoms with E-state index in [0.29, 0.717) is 5.39 Å². The van der Waals surface area contributed by atoms with Crippen LogP contribution in [0.1, 0.15) is 31.1 Å². The number of nitrogens with zero attached hydrogens (tertiary/aromatic N) is 1. The first-order valence-corrected chi connectivity index (χ1v) is 12.4. The molecule has 0 bridgehead atoms. The van der Waals surface area contributed by atoms with Crippen molar-refractivity contribution < 1.29 is 18.0 Å². The molecule has 1 aromatic heterocycles. The highest BCUT2D eigenvalue weighted by Crippen LogP contribution is 2.39. The van der Waals surface area contributed by atoms with Gasteiger partial charge in [-0.05, 0) is 51.3 Å². The monoisotopic (exact) mass is 451 g/mol. The molecule has 0 radical (unpaired) electrons. The Morgan fingerprint density at radius 3 is 1.78 bits per heavy atom. The molecule has 0 N–H and O–H groups in total. The van der Waals surface area contributed by atoms with Gasteiger partial charge in [-0.25, -0.2) is 0 Å². The molecule has 0 aliphatic rings. The second kappa shape index (κ2) is 7.78. The number of hydrogen-bond acceptors (Lipinski definition) is 1. The minimum atomic E-state index is -4.89. The summed E-state index contributed by atoms with van der Waals surface area (Å²) in [5.41, 5.74) is 0.475. The molecule has 0 aliphatic heterocycles. The molecule has 164 valence electrons. The number of rotatable bonds is 4. The molecule has 32 heavy (non-hydrogen) atoms. The van der Waals surface area contributed by atoms with Crippen LogP contribution in [0, 0.1) is 0 Å². The van der Waals surface area contributed by atoms with Crippen molar-refractivity contribution in [2.45, 2.75) is 32.0 Å². The molecule has 3 aromatic carbocycles. The average molecular weight is 452 g/mol. The van der Waals surface area contributed by atoms with Gasteiger partial charge in [0.2, 0.25) is 8.24 Å². The Morgan fingerprint density at radius 1 is 0.781 bits per heavy atom. The molecule has 4 aromatic rings. The number of carbonyl (C=O) groups excluding carboxylic acids is 1. The molecule has 0 saturated carbocycles. The van der Waals surface area contributed by atoms with Crippen LogP contribution in [0.5, 0.6) is 0 Å². The number of halogens is 3. The lowest BCUT2D eigenvalue weighted by molar-refractivity contribution is -0.0885. The molecule has 0 saturated heterocycles. The Kier molecular flexibility index (Phi) is 5.37. The maximum atomic E-state index is 13.0. The van der Waals surface area contributed by atoms with Crippen molar-refractivity contribution >= 4 is 35.3 Å². The predicted molar refractivity (Wildman–Crippen MR) is 125 cm³/mol. The van der Waals surface area contributed by atoms with Crippen LogP contribution in [0.3, 0.4) is 0 Å². The van der Waals surface area contributed by atoms with Gasteiger partial charge in [-0.1, -0.05) is 81.4 Å². The molecule has 0 atom stereocenters. The molecular weight excluding hydrogens is 427 g/mol. The summed E-state index contributed by atoms with van der Waals surface area (Å²) in [6.45, 7) is 6.64. The lowest BCUT2D eigenvalue weighted by Gasteiger charge is -2.45. The minimum absolute atomic E-state index is 0.178. The van der Waals surface area contributed by atoms with Crippen LogP contribution < -0.4 is 10.4 Å². The maximum Gasteiger partial charge on any atom is 0.454 e. The molecule has 1 heterocycles. The van der Waals surface area contributed by atoms with Crippen molar-refractivity contribution in [1.29, 1.82) is 0 Å². The Labute approximate surface area is 186 Å². The van der Waals surface area contributed by atoms with Crippen LogP contribution in [-0.4, -0.2) is 24.4 Å². The fraction of sp³-hybridized carbons (Fsp3) is 0.192. The molecule has 0 amide bonds. The first kappa shape index (κ1) is 22.1. The van der Waals surface area contributed by atoms with E-state index in [-0.39, 0.29) is 10.6 Å². The molecule has 4 rings (SSSR count). The second-order valence-electron chi connectivity index (χ2n) is 8.98. The lowest BCUT2D eigenvalue weighted by atomic mass is 10.1.